The maximum atomic E-state index is 13.4. The molecular formula is C23H33N6O4S+. The van der Waals surface area contributed by atoms with Crippen LogP contribution < -0.4 is 10.3 Å². The average molecular weight is 490 g/mol. The molecule has 2 aromatic heterocycles. The van der Waals surface area contributed by atoms with Gasteiger partial charge >= 0.3 is 0 Å². The Morgan fingerprint density at radius 1 is 1.18 bits per heavy atom. The topological polar surface area (TPSA) is 110 Å². The summed E-state index contributed by atoms with van der Waals surface area (Å²) in [7, 11) is 0.487. The molecule has 34 heavy (non-hydrogen) atoms. The Kier molecular flexibility index (Phi) is 6.54. The first-order valence-corrected chi connectivity index (χ1v) is 13.1. The fourth-order valence-electron chi connectivity index (χ4n) is 4.26. The van der Waals surface area contributed by atoms with Crippen LogP contribution >= 0.6 is 0 Å². The number of nitrogens with one attached hydrogen (secondary N) is 1. The number of hydrogen-bond donors (Lipinski definition) is 1. The van der Waals surface area contributed by atoms with E-state index < -0.39 is 10.0 Å². The van der Waals surface area contributed by atoms with Crippen molar-refractivity contribution in [1.82, 2.24) is 23.9 Å². The second-order valence-corrected chi connectivity index (χ2v) is 11.2. The summed E-state index contributed by atoms with van der Waals surface area (Å²) in [5, 5.41) is 4.65. The number of quaternary nitrogens is 1. The molecule has 11 heteroatoms. The predicted octanol–water partition coefficient (Wildman–Crippen LogP) is 1.82. The lowest BCUT2D eigenvalue weighted by molar-refractivity contribution is -0.893. The van der Waals surface area contributed by atoms with Crippen molar-refractivity contribution >= 4 is 15.5 Å². The van der Waals surface area contributed by atoms with Crippen molar-refractivity contribution in [2.75, 3.05) is 46.9 Å². The predicted molar refractivity (Wildman–Crippen MR) is 130 cm³/mol. The van der Waals surface area contributed by atoms with E-state index in [9.17, 15) is 13.2 Å². The fourth-order valence-corrected chi connectivity index (χ4v) is 5.71. The highest BCUT2D eigenvalue weighted by Crippen LogP contribution is 2.31. The lowest BCUT2D eigenvalue weighted by Crippen LogP contribution is -2.55. The van der Waals surface area contributed by atoms with Crippen LogP contribution in [-0.4, -0.2) is 83.7 Å². The lowest BCUT2D eigenvalue weighted by atomic mass is 10.2. The molecule has 0 radical (unpaired) electrons. The summed E-state index contributed by atoms with van der Waals surface area (Å²) in [5.74, 6) is 1.39. The van der Waals surface area contributed by atoms with Crippen LogP contribution in [0.15, 0.2) is 27.9 Å². The Labute approximate surface area is 199 Å². The molecule has 0 bridgehead atoms. The van der Waals surface area contributed by atoms with Crippen LogP contribution in [0.25, 0.3) is 16.9 Å². The van der Waals surface area contributed by atoms with Crippen LogP contribution in [0, 0.1) is 6.92 Å². The smallest absolute Gasteiger partial charge is 0.277 e. The molecule has 1 aliphatic rings. The highest BCUT2D eigenvalue weighted by molar-refractivity contribution is 7.89. The van der Waals surface area contributed by atoms with Gasteiger partial charge in [-0.25, -0.2) is 17.9 Å². The molecule has 0 aliphatic carbocycles. The number of fused-ring (bicyclic) bond motifs is 1. The molecule has 0 amide bonds. The van der Waals surface area contributed by atoms with Crippen molar-refractivity contribution in [3.05, 3.63) is 40.1 Å². The Bertz CT molecular complexity index is 1370. The lowest BCUT2D eigenvalue weighted by Gasteiger charge is -2.38. The summed E-state index contributed by atoms with van der Waals surface area (Å²) < 4.78 is 36.5. The van der Waals surface area contributed by atoms with Crippen LogP contribution in [0.3, 0.4) is 0 Å². The number of H-pyrrole nitrogens is 1. The first-order valence-electron chi connectivity index (χ1n) is 11.7. The van der Waals surface area contributed by atoms with Crippen molar-refractivity contribution < 1.29 is 17.6 Å². The number of aryl methyl sites for hydroxylation is 2. The second kappa shape index (κ2) is 9.12. The maximum Gasteiger partial charge on any atom is 0.277 e. The van der Waals surface area contributed by atoms with Gasteiger partial charge in [0.25, 0.3) is 5.56 Å². The SMILES string of the molecule is CCCc1nc(C)c2c(=O)[nH]c(-c3cc(S(=O)(=O)N4CC[N+](C)(C)CC4)ccc3OCC)nn12. The zero-order valence-corrected chi connectivity index (χ0v) is 21.3. The van der Waals surface area contributed by atoms with Crippen molar-refractivity contribution in [1.29, 1.82) is 0 Å². The van der Waals surface area contributed by atoms with E-state index in [0.717, 1.165) is 24.0 Å². The van der Waals surface area contributed by atoms with Gasteiger partial charge in [-0.3, -0.25) is 4.79 Å². The second-order valence-electron chi connectivity index (χ2n) is 9.30. The summed E-state index contributed by atoms with van der Waals surface area (Å²) in [6, 6.07) is 4.73. The Hall–Kier alpha value is -2.76. The van der Waals surface area contributed by atoms with Gasteiger partial charge in [-0.15, -0.1) is 5.10 Å². The molecule has 0 saturated carbocycles. The van der Waals surface area contributed by atoms with Crippen molar-refractivity contribution in [3.8, 4) is 17.1 Å². The van der Waals surface area contributed by atoms with Crippen LogP contribution in [0.4, 0.5) is 0 Å². The molecule has 1 aliphatic heterocycles. The van der Waals surface area contributed by atoms with E-state index in [-0.39, 0.29) is 16.3 Å². The van der Waals surface area contributed by atoms with Gasteiger partial charge in [-0.05, 0) is 38.5 Å². The number of piperazine rings is 1. The summed E-state index contributed by atoms with van der Waals surface area (Å²) in [5.41, 5.74) is 1.09. The van der Waals surface area contributed by atoms with E-state index in [0.29, 0.717) is 54.5 Å². The molecule has 4 rings (SSSR count). The molecule has 1 fully saturated rings. The highest BCUT2D eigenvalue weighted by atomic mass is 32.2. The van der Waals surface area contributed by atoms with Crippen molar-refractivity contribution in [3.63, 3.8) is 0 Å². The minimum Gasteiger partial charge on any atom is -0.493 e. The number of likely N-dealkylation sites (N-methyl/N-ethyl adjacent to an activating group) is 1. The van der Waals surface area contributed by atoms with Crippen molar-refractivity contribution in [2.24, 2.45) is 0 Å². The summed E-state index contributed by atoms with van der Waals surface area (Å²) in [4.78, 5) is 20.4. The van der Waals surface area contributed by atoms with Crippen LogP contribution in [0.5, 0.6) is 5.75 Å². The quantitative estimate of drug-likeness (QED) is 0.507. The molecule has 0 unspecified atom stereocenters. The van der Waals surface area contributed by atoms with E-state index >= 15 is 0 Å². The molecule has 3 heterocycles. The average Bonchev–Trinajstić information content (AvgIpc) is 3.09. The molecule has 1 N–H and O–H groups in total. The summed E-state index contributed by atoms with van der Waals surface area (Å²) in [6.45, 7) is 8.44. The summed E-state index contributed by atoms with van der Waals surface area (Å²) in [6.07, 6.45) is 1.52. The van der Waals surface area contributed by atoms with E-state index in [2.05, 4.69) is 29.2 Å². The van der Waals surface area contributed by atoms with E-state index in [1.807, 2.05) is 13.8 Å². The van der Waals surface area contributed by atoms with Gasteiger partial charge in [-0.2, -0.15) is 4.31 Å². The number of aromatic amines is 1. The molecule has 3 aromatic rings. The number of ether oxygens (including phenoxy) is 1. The Morgan fingerprint density at radius 2 is 1.88 bits per heavy atom. The standard InChI is InChI=1S/C23H32N6O4S/c1-6-8-20-24-16(3)21-23(30)25-22(26-28(20)21)18-15-17(9-10-19(18)33-7-2)34(31,32)27-11-13-29(4,5)14-12-27/h9-10,15H,6-8,11-14H2,1-5H3/p+1. The fraction of sp³-hybridized carbons (Fsp3) is 0.522. The highest BCUT2D eigenvalue weighted by Gasteiger charge is 2.33. The third-order valence-electron chi connectivity index (χ3n) is 6.27. The van der Waals surface area contributed by atoms with Crippen LogP contribution in [-0.2, 0) is 16.4 Å². The number of rotatable bonds is 7. The number of benzene rings is 1. The maximum absolute atomic E-state index is 13.4. The minimum atomic E-state index is -3.71. The minimum absolute atomic E-state index is 0.150. The molecule has 1 saturated heterocycles. The molecule has 0 spiro atoms. The molecule has 184 valence electrons. The van der Waals surface area contributed by atoms with Crippen LogP contribution in [0.1, 0.15) is 31.8 Å². The van der Waals surface area contributed by atoms with E-state index in [1.54, 1.807) is 29.6 Å². The number of aromatic nitrogens is 4. The van der Waals surface area contributed by atoms with Gasteiger partial charge < -0.3 is 14.2 Å². The number of imidazole rings is 1. The van der Waals surface area contributed by atoms with Gasteiger partial charge in [0, 0.05) is 6.42 Å². The first-order chi connectivity index (χ1) is 16.1. The molecule has 0 atom stereocenters. The first kappa shape index (κ1) is 24.4. The van der Waals surface area contributed by atoms with E-state index in [4.69, 9.17) is 4.74 Å². The molecule has 10 nitrogen and oxygen atoms in total. The van der Waals surface area contributed by atoms with Crippen LogP contribution in [0.2, 0.25) is 0 Å². The third kappa shape index (κ3) is 4.47. The number of sulfonamides is 1. The summed E-state index contributed by atoms with van der Waals surface area (Å²) >= 11 is 0. The van der Waals surface area contributed by atoms with Crippen molar-refractivity contribution in [2.45, 2.75) is 38.5 Å². The Balaban J connectivity index is 1.83. The normalized spacial score (nSPS) is 16.7. The zero-order chi connectivity index (χ0) is 24.7. The number of nitrogens with zero attached hydrogens (tertiary/aromatic N) is 5. The van der Waals surface area contributed by atoms with Gasteiger partial charge in [0.05, 0.1) is 63.0 Å². The van der Waals surface area contributed by atoms with Gasteiger partial charge in [0.15, 0.2) is 11.3 Å². The van der Waals surface area contributed by atoms with Gasteiger partial charge in [-0.1, -0.05) is 6.92 Å². The number of hydrogen-bond acceptors (Lipinski definition) is 6. The zero-order valence-electron chi connectivity index (χ0n) is 20.5. The third-order valence-corrected chi connectivity index (χ3v) is 8.16. The largest absolute Gasteiger partial charge is 0.493 e. The van der Waals surface area contributed by atoms with Gasteiger partial charge in [0.1, 0.15) is 11.6 Å². The van der Waals surface area contributed by atoms with Gasteiger partial charge in [0.2, 0.25) is 10.0 Å². The Morgan fingerprint density at radius 3 is 2.53 bits per heavy atom. The molecule has 1 aromatic carbocycles. The monoisotopic (exact) mass is 489 g/mol. The molecular weight excluding hydrogens is 456 g/mol. The van der Waals surface area contributed by atoms with E-state index in [1.165, 1.54) is 4.31 Å².